The lowest BCUT2D eigenvalue weighted by atomic mass is 10.0. The van der Waals surface area contributed by atoms with Gasteiger partial charge < -0.3 is 14.9 Å². The summed E-state index contributed by atoms with van der Waals surface area (Å²) >= 11 is 0. The maximum Gasteiger partial charge on any atom is 0.339 e. The molecule has 0 radical (unpaired) electrons. The van der Waals surface area contributed by atoms with Crippen LogP contribution < -0.4 is 0 Å². The summed E-state index contributed by atoms with van der Waals surface area (Å²) in [5, 5.41) is 20.2. The summed E-state index contributed by atoms with van der Waals surface area (Å²) in [5.41, 5.74) is 1.42. The first-order valence-electron chi connectivity index (χ1n) is 5.94. The molecule has 3 aromatic rings. The number of aromatic nitrogens is 1. The monoisotopic (exact) mass is 269 g/mol. The largest absolute Gasteiger partial charge is 0.508 e. The van der Waals surface area contributed by atoms with Crippen LogP contribution in [0.5, 0.6) is 11.5 Å². The molecule has 0 bridgehead atoms. The molecular weight excluding hydrogens is 258 g/mol. The normalized spacial score (nSPS) is 10.8. The molecule has 2 aromatic carbocycles. The van der Waals surface area contributed by atoms with Crippen LogP contribution in [0.25, 0.3) is 21.8 Å². The number of hydrogen-bond donors (Lipinski definition) is 2. The number of aromatic hydroxyl groups is 2. The van der Waals surface area contributed by atoms with Gasteiger partial charge in [0.1, 0.15) is 11.5 Å². The van der Waals surface area contributed by atoms with Gasteiger partial charge in [-0.05, 0) is 36.4 Å². The molecule has 0 saturated carbocycles. The third-order valence-corrected chi connectivity index (χ3v) is 3.13. The van der Waals surface area contributed by atoms with Crippen LogP contribution in [0.1, 0.15) is 10.4 Å². The van der Waals surface area contributed by atoms with Gasteiger partial charge in [0.2, 0.25) is 0 Å². The van der Waals surface area contributed by atoms with Crippen molar-refractivity contribution in [3.05, 3.63) is 42.0 Å². The highest BCUT2D eigenvalue weighted by atomic mass is 16.5. The van der Waals surface area contributed by atoms with Gasteiger partial charge in [-0.15, -0.1) is 0 Å². The van der Waals surface area contributed by atoms with E-state index in [2.05, 4.69) is 4.98 Å². The lowest BCUT2D eigenvalue weighted by molar-refractivity contribution is 0.0605. The molecular formula is C15H11NO4. The van der Waals surface area contributed by atoms with E-state index in [1.54, 1.807) is 12.1 Å². The summed E-state index contributed by atoms with van der Waals surface area (Å²) in [7, 11) is 1.28. The van der Waals surface area contributed by atoms with Crippen molar-refractivity contribution in [1.82, 2.24) is 4.98 Å². The van der Waals surface area contributed by atoms with E-state index in [1.165, 1.54) is 31.4 Å². The summed E-state index contributed by atoms with van der Waals surface area (Å²) < 4.78 is 4.80. The number of methoxy groups -OCH3 is 1. The van der Waals surface area contributed by atoms with Crippen molar-refractivity contribution in [2.75, 3.05) is 7.11 Å². The Kier molecular flexibility index (Phi) is 2.68. The van der Waals surface area contributed by atoms with Crippen LogP contribution in [0.3, 0.4) is 0 Å². The number of hydrogen-bond acceptors (Lipinski definition) is 5. The molecule has 0 saturated heterocycles. The Bertz CT molecular complexity index is 782. The summed E-state index contributed by atoms with van der Waals surface area (Å²) in [6.07, 6.45) is 0. The van der Waals surface area contributed by atoms with E-state index < -0.39 is 5.97 Å². The number of ether oxygens (including phenoxy) is 1. The molecule has 20 heavy (non-hydrogen) atoms. The lowest BCUT2D eigenvalue weighted by Crippen LogP contribution is -2.04. The summed E-state index contributed by atoms with van der Waals surface area (Å²) in [4.78, 5) is 16.5. The Balaban J connectivity index is 2.54. The number of fused-ring (bicyclic) bond motifs is 2. The average Bonchev–Trinajstić information content (AvgIpc) is 2.44. The quantitative estimate of drug-likeness (QED) is 0.524. The average molecular weight is 269 g/mol. The molecule has 0 aliphatic rings. The van der Waals surface area contributed by atoms with Crippen molar-refractivity contribution >= 4 is 27.8 Å². The number of pyridine rings is 1. The minimum absolute atomic E-state index is 0.0314. The zero-order valence-corrected chi connectivity index (χ0v) is 10.6. The molecule has 0 amide bonds. The summed E-state index contributed by atoms with van der Waals surface area (Å²) in [5.74, 6) is -0.480. The molecule has 0 unspecified atom stereocenters. The minimum Gasteiger partial charge on any atom is -0.508 e. The van der Waals surface area contributed by atoms with Gasteiger partial charge in [-0.2, -0.15) is 0 Å². The molecule has 0 fully saturated rings. The molecule has 5 nitrogen and oxygen atoms in total. The molecule has 5 heteroatoms. The molecule has 1 aromatic heterocycles. The second-order valence-corrected chi connectivity index (χ2v) is 4.38. The molecule has 0 atom stereocenters. The molecule has 0 aliphatic heterocycles. The zero-order chi connectivity index (χ0) is 14.3. The standard InChI is InChI=1S/C15H11NO4/c1-20-15(19)14-10-6-8(17)2-4-12(10)16-13-5-3-9(18)7-11(13)14/h2-7,17-18H,1H3. The van der Waals surface area contributed by atoms with E-state index in [0.717, 1.165) is 0 Å². The van der Waals surface area contributed by atoms with Crippen LogP contribution in [0.2, 0.25) is 0 Å². The molecule has 0 spiro atoms. The number of benzene rings is 2. The van der Waals surface area contributed by atoms with Crippen LogP contribution in [-0.2, 0) is 4.74 Å². The van der Waals surface area contributed by atoms with Crippen LogP contribution >= 0.6 is 0 Å². The topological polar surface area (TPSA) is 79.7 Å². The Morgan fingerprint density at radius 3 is 1.95 bits per heavy atom. The van der Waals surface area contributed by atoms with Crippen LogP contribution in [0.4, 0.5) is 0 Å². The van der Waals surface area contributed by atoms with Crippen molar-refractivity contribution in [3.63, 3.8) is 0 Å². The predicted molar refractivity (Wildman–Crippen MR) is 73.9 cm³/mol. The second kappa shape index (κ2) is 4.38. The summed E-state index contributed by atoms with van der Waals surface area (Å²) in [6.45, 7) is 0. The Labute approximate surface area is 114 Å². The van der Waals surface area contributed by atoms with Crippen LogP contribution in [-0.4, -0.2) is 28.3 Å². The zero-order valence-electron chi connectivity index (χ0n) is 10.6. The van der Waals surface area contributed by atoms with Gasteiger partial charge in [0.05, 0.1) is 23.7 Å². The smallest absolute Gasteiger partial charge is 0.339 e. The van der Waals surface area contributed by atoms with E-state index in [1.807, 2.05) is 0 Å². The van der Waals surface area contributed by atoms with Gasteiger partial charge in [0.15, 0.2) is 0 Å². The Hall–Kier alpha value is -2.82. The molecule has 0 aliphatic carbocycles. The second-order valence-electron chi connectivity index (χ2n) is 4.38. The maximum atomic E-state index is 12.1. The number of rotatable bonds is 1. The highest BCUT2D eigenvalue weighted by molar-refractivity contribution is 6.14. The fraction of sp³-hybridized carbons (Fsp3) is 0.0667. The van der Waals surface area contributed by atoms with E-state index in [9.17, 15) is 15.0 Å². The summed E-state index contributed by atoms with van der Waals surface area (Å²) in [6, 6.07) is 9.17. The number of phenols is 2. The highest BCUT2D eigenvalue weighted by Crippen LogP contribution is 2.30. The van der Waals surface area contributed by atoms with Gasteiger partial charge >= 0.3 is 5.97 Å². The van der Waals surface area contributed by atoms with E-state index >= 15 is 0 Å². The first-order chi connectivity index (χ1) is 9.60. The Morgan fingerprint density at radius 1 is 1.00 bits per heavy atom. The molecule has 3 rings (SSSR count). The SMILES string of the molecule is COC(=O)c1c2cc(O)ccc2nc2ccc(O)cc12. The van der Waals surface area contributed by atoms with Crippen molar-refractivity contribution in [3.8, 4) is 11.5 Å². The molecule has 2 N–H and O–H groups in total. The van der Waals surface area contributed by atoms with Gasteiger partial charge in [0, 0.05) is 10.8 Å². The van der Waals surface area contributed by atoms with Gasteiger partial charge in [-0.3, -0.25) is 0 Å². The van der Waals surface area contributed by atoms with Crippen LogP contribution in [0, 0.1) is 0 Å². The minimum atomic E-state index is -0.543. The number of nitrogens with zero attached hydrogens (tertiary/aromatic N) is 1. The molecule has 1 heterocycles. The van der Waals surface area contributed by atoms with E-state index in [4.69, 9.17) is 4.74 Å². The van der Waals surface area contributed by atoms with Crippen molar-refractivity contribution in [2.45, 2.75) is 0 Å². The number of esters is 1. The number of phenolic OH excluding ortho intramolecular Hbond substituents is 2. The fourth-order valence-electron chi connectivity index (χ4n) is 2.24. The van der Waals surface area contributed by atoms with Gasteiger partial charge in [-0.25, -0.2) is 9.78 Å². The van der Waals surface area contributed by atoms with Gasteiger partial charge in [-0.1, -0.05) is 0 Å². The fourth-order valence-corrected chi connectivity index (χ4v) is 2.24. The number of carbonyl (C=O) groups excluding carboxylic acids is 1. The Morgan fingerprint density at radius 2 is 1.50 bits per heavy atom. The molecule has 100 valence electrons. The van der Waals surface area contributed by atoms with E-state index in [-0.39, 0.29) is 17.1 Å². The lowest BCUT2D eigenvalue weighted by Gasteiger charge is -2.09. The van der Waals surface area contributed by atoms with Crippen LogP contribution in [0.15, 0.2) is 36.4 Å². The predicted octanol–water partition coefficient (Wildman–Crippen LogP) is 2.59. The first-order valence-corrected chi connectivity index (χ1v) is 5.94. The van der Waals surface area contributed by atoms with E-state index in [0.29, 0.717) is 21.8 Å². The van der Waals surface area contributed by atoms with Crippen molar-refractivity contribution in [2.24, 2.45) is 0 Å². The van der Waals surface area contributed by atoms with Gasteiger partial charge in [0.25, 0.3) is 0 Å². The first kappa shape index (κ1) is 12.2. The third kappa shape index (κ3) is 1.80. The van der Waals surface area contributed by atoms with Crippen molar-refractivity contribution < 1.29 is 19.7 Å². The highest BCUT2D eigenvalue weighted by Gasteiger charge is 2.17. The number of carbonyl (C=O) groups is 1. The third-order valence-electron chi connectivity index (χ3n) is 3.13. The maximum absolute atomic E-state index is 12.1. The van der Waals surface area contributed by atoms with Crippen molar-refractivity contribution in [1.29, 1.82) is 0 Å².